The molecule has 31 heavy (non-hydrogen) atoms. The summed E-state index contributed by atoms with van der Waals surface area (Å²) >= 11 is 0. The van der Waals surface area contributed by atoms with Crippen molar-refractivity contribution in [1.82, 2.24) is 0 Å². The van der Waals surface area contributed by atoms with Crippen LogP contribution in [0.2, 0.25) is 0 Å². The Kier molecular flexibility index (Phi) is 8.79. The van der Waals surface area contributed by atoms with Crippen LogP contribution in [-0.4, -0.2) is 14.2 Å². The van der Waals surface area contributed by atoms with Crippen molar-refractivity contribution in [2.45, 2.75) is 83.5 Å². The minimum absolute atomic E-state index is 0.130. The first-order chi connectivity index (χ1) is 14.6. The molecule has 0 aromatic heterocycles. The molecule has 0 heterocycles. The highest BCUT2D eigenvalue weighted by Gasteiger charge is 2.24. The van der Waals surface area contributed by atoms with Crippen LogP contribution >= 0.6 is 0 Å². The van der Waals surface area contributed by atoms with E-state index in [-0.39, 0.29) is 10.8 Å². The molecule has 0 saturated heterocycles. The molecule has 0 N–H and O–H groups in total. The third-order valence-electron chi connectivity index (χ3n) is 6.83. The van der Waals surface area contributed by atoms with Gasteiger partial charge in [0.15, 0.2) is 0 Å². The van der Waals surface area contributed by atoms with E-state index in [1.54, 1.807) is 14.2 Å². The quantitative estimate of drug-likeness (QED) is 0.321. The standard InChI is InChI=1S/C29H42O2/c1-9-10-19-29(5,6)24-15-18-27(31-8)26(21-24)22(2)12-11-20-28(3,4)23-13-16-25(30-7)17-14-23/h9,13-18,21-22H,1,10-12,19-20H2,2-8H3. The molecule has 1 atom stereocenters. The molecule has 0 saturated carbocycles. The first-order valence-electron chi connectivity index (χ1n) is 11.6. The molecule has 2 heteroatoms. The largest absolute Gasteiger partial charge is 0.497 e. The van der Waals surface area contributed by atoms with Gasteiger partial charge in [-0.05, 0) is 77.3 Å². The summed E-state index contributed by atoms with van der Waals surface area (Å²) in [5.41, 5.74) is 4.35. The number of methoxy groups -OCH3 is 2. The minimum atomic E-state index is 0.130. The van der Waals surface area contributed by atoms with Crippen LogP contribution in [-0.2, 0) is 10.8 Å². The molecule has 0 aliphatic heterocycles. The number of rotatable bonds is 12. The summed E-state index contributed by atoms with van der Waals surface area (Å²) in [6.45, 7) is 15.5. The predicted octanol–water partition coefficient (Wildman–Crippen LogP) is 8.20. The van der Waals surface area contributed by atoms with Gasteiger partial charge < -0.3 is 9.47 Å². The normalized spacial score (nSPS) is 13.0. The Morgan fingerprint density at radius 1 is 0.871 bits per heavy atom. The lowest BCUT2D eigenvalue weighted by molar-refractivity contribution is 0.398. The van der Waals surface area contributed by atoms with Crippen LogP contribution in [0.1, 0.15) is 89.3 Å². The molecule has 2 aromatic rings. The average Bonchev–Trinajstić information content (AvgIpc) is 2.77. The Morgan fingerprint density at radius 3 is 2.06 bits per heavy atom. The number of ether oxygens (including phenoxy) is 2. The summed E-state index contributed by atoms with van der Waals surface area (Å²) in [7, 11) is 3.49. The molecule has 0 amide bonds. The molecule has 170 valence electrons. The van der Waals surface area contributed by atoms with E-state index in [4.69, 9.17) is 9.47 Å². The van der Waals surface area contributed by atoms with Crippen LogP contribution in [0.5, 0.6) is 11.5 Å². The minimum Gasteiger partial charge on any atom is -0.497 e. The second-order valence-electron chi connectivity index (χ2n) is 10.1. The van der Waals surface area contributed by atoms with Crippen LogP contribution in [0.4, 0.5) is 0 Å². The summed E-state index contributed by atoms with van der Waals surface area (Å²) in [5, 5.41) is 0. The lowest BCUT2D eigenvalue weighted by Gasteiger charge is -2.28. The molecule has 2 aromatic carbocycles. The zero-order chi connectivity index (χ0) is 23.1. The van der Waals surface area contributed by atoms with Gasteiger partial charge in [0.25, 0.3) is 0 Å². The van der Waals surface area contributed by atoms with Gasteiger partial charge in [0.05, 0.1) is 14.2 Å². The maximum Gasteiger partial charge on any atom is 0.122 e. The number of hydrogen-bond acceptors (Lipinski definition) is 2. The fourth-order valence-electron chi connectivity index (χ4n) is 4.34. The van der Waals surface area contributed by atoms with E-state index in [2.05, 4.69) is 83.7 Å². The van der Waals surface area contributed by atoms with E-state index >= 15 is 0 Å². The van der Waals surface area contributed by atoms with Gasteiger partial charge in [0.2, 0.25) is 0 Å². The predicted molar refractivity (Wildman–Crippen MR) is 134 cm³/mol. The Bertz CT molecular complexity index is 830. The van der Waals surface area contributed by atoms with Crippen LogP contribution in [0.25, 0.3) is 0 Å². The summed E-state index contributed by atoms with van der Waals surface area (Å²) in [4.78, 5) is 0. The van der Waals surface area contributed by atoms with Gasteiger partial charge in [-0.15, -0.1) is 6.58 Å². The highest BCUT2D eigenvalue weighted by molar-refractivity contribution is 5.42. The topological polar surface area (TPSA) is 18.5 Å². The zero-order valence-electron chi connectivity index (χ0n) is 20.8. The van der Waals surface area contributed by atoms with Crippen molar-refractivity contribution >= 4 is 0 Å². The molecular weight excluding hydrogens is 380 g/mol. The van der Waals surface area contributed by atoms with E-state index in [1.165, 1.54) is 23.1 Å². The highest BCUT2D eigenvalue weighted by atomic mass is 16.5. The molecule has 0 aliphatic carbocycles. The van der Waals surface area contributed by atoms with Crippen molar-refractivity contribution in [3.63, 3.8) is 0 Å². The Hall–Kier alpha value is -2.22. The van der Waals surface area contributed by atoms with Crippen molar-refractivity contribution in [3.05, 3.63) is 71.8 Å². The summed E-state index contributed by atoms with van der Waals surface area (Å²) in [5.74, 6) is 2.37. The van der Waals surface area contributed by atoms with Crippen molar-refractivity contribution < 1.29 is 9.47 Å². The fourth-order valence-corrected chi connectivity index (χ4v) is 4.34. The maximum atomic E-state index is 5.73. The van der Waals surface area contributed by atoms with Crippen LogP contribution in [0, 0.1) is 0 Å². The third-order valence-corrected chi connectivity index (χ3v) is 6.83. The molecule has 1 unspecified atom stereocenters. The summed E-state index contributed by atoms with van der Waals surface area (Å²) < 4.78 is 11.0. The molecule has 0 fully saturated rings. The fraction of sp³-hybridized carbons (Fsp3) is 0.517. The van der Waals surface area contributed by atoms with Crippen molar-refractivity contribution in [3.8, 4) is 11.5 Å². The molecule has 0 bridgehead atoms. The Balaban J connectivity index is 2.08. The summed E-state index contributed by atoms with van der Waals surface area (Å²) in [6, 6.07) is 15.3. The van der Waals surface area contributed by atoms with Crippen molar-refractivity contribution in [2.75, 3.05) is 14.2 Å². The van der Waals surface area contributed by atoms with E-state index in [9.17, 15) is 0 Å². The SMILES string of the molecule is C=CCCC(C)(C)c1ccc(OC)c(C(C)CCCC(C)(C)c2ccc(OC)cc2)c1. The van der Waals surface area contributed by atoms with E-state index in [0.29, 0.717) is 5.92 Å². The maximum absolute atomic E-state index is 5.73. The van der Waals surface area contributed by atoms with Crippen LogP contribution < -0.4 is 9.47 Å². The lowest BCUT2D eigenvalue weighted by Crippen LogP contribution is -2.18. The number of hydrogen-bond donors (Lipinski definition) is 0. The van der Waals surface area contributed by atoms with Gasteiger partial charge in [0.1, 0.15) is 11.5 Å². The molecule has 2 rings (SSSR count). The van der Waals surface area contributed by atoms with E-state index in [0.717, 1.165) is 37.2 Å². The zero-order valence-corrected chi connectivity index (χ0v) is 20.8. The van der Waals surface area contributed by atoms with Gasteiger partial charge in [0, 0.05) is 0 Å². The van der Waals surface area contributed by atoms with Gasteiger partial charge in [-0.25, -0.2) is 0 Å². The van der Waals surface area contributed by atoms with Gasteiger partial charge >= 0.3 is 0 Å². The Morgan fingerprint density at radius 2 is 1.48 bits per heavy atom. The van der Waals surface area contributed by atoms with Gasteiger partial charge in [-0.1, -0.05) is 71.4 Å². The Labute approximate surface area is 190 Å². The van der Waals surface area contributed by atoms with E-state index in [1.807, 2.05) is 6.08 Å². The van der Waals surface area contributed by atoms with Gasteiger partial charge in [-0.2, -0.15) is 0 Å². The average molecular weight is 423 g/mol. The second kappa shape index (κ2) is 10.9. The summed E-state index contributed by atoms with van der Waals surface area (Å²) in [6.07, 6.45) is 7.62. The molecule has 0 aliphatic rings. The number of allylic oxidation sites excluding steroid dienone is 1. The molecular formula is C29H42O2. The monoisotopic (exact) mass is 422 g/mol. The first kappa shape index (κ1) is 25.0. The molecule has 2 nitrogen and oxygen atoms in total. The smallest absolute Gasteiger partial charge is 0.122 e. The van der Waals surface area contributed by atoms with E-state index < -0.39 is 0 Å². The molecule has 0 spiro atoms. The first-order valence-corrected chi connectivity index (χ1v) is 11.6. The molecule has 0 radical (unpaired) electrons. The van der Waals surface area contributed by atoms with Gasteiger partial charge in [-0.3, -0.25) is 0 Å². The highest BCUT2D eigenvalue weighted by Crippen LogP contribution is 2.38. The number of benzene rings is 2. The second-order valence-corrected chi connectivity index (χ2v) is 10.1. The van der Waals surface area contributed by atoms with Crippen molar-refractivity contribution in [1.29, 1.82) is 0 Å². The third kappa shape index (κ3) is 6.63. The van der Waals surface area contributed by atoms with Crippen LogP contribution in [0.15, 0.2) is 55.1 Å². The van der Waals surface area contributed by atoms with Crippen LogP contribution in [0.3, 0.4) is 0 Å². The van der Waals surface area contributed by atoms with Crippen molar-refractivity contribution in [2.24, 2.45) is 0 Å². The lowest BCUT2D eigenvalue weighted by atomic mass is 9.77.